The second-order valence-corrected chi connectivity index (χ2v) is 6.78. The smallest absolute Gasteiger partial charge is 0.339 e. The molecule has 1 aromatic carbocycles. The van der Waals surface area contributed by atoms with Gasteiger partial charge in [-0.3, -0.25) is 0 Å². The highest BCUT2D eigenvalue weighted by Gasteiger charge is 2.24. The molecule has 0 heterocycles. The van der Waals surface area contributed by atoms with Crippen molar-refractivity contribution in [1.82, 2.24) is 9.62 Å². The number of carbonyl (C=O) groups is 1. The molecule has 7 heteroatoms. The molecule has 6 nitrogen and oxygen atoms in total. The van der Waals surface area contributed by atoms with Crippen LogP contribution in [0, 0.1) is 0 Å². The molecule has 0 saturated carbocycles. The highest BCUT2D eigenvalue weighted by Crippen LogP contribution is 2.17. The van der Waals surface area contributed by atoms with Gasteiger partial charge in [-0.05, 0) is 46.1 Å². The number of methoxy groups -OCH3 is 1. The number of carbonyl (C=O) groups excluding carboxylic acids is 1. The van der Waals surface area contributed by atoms with Crippen LogP contribution in [0.1, 0.15) is 23.7 Å². The molecule has 0 spiro atoms. The summed E-state index contributed by atoms with van der Waals surface area (Å²) in [5, 5.41) is 0. The van der Waals surface area contributed by atoms with Gasteiger partial charge in [0.05, 0.1) is 17.6 Å². The Labute approximate surface area is 126 Å². The number of nitrogens with one attached hydrogen (secondary N) is 1. The van der Waals surface area contributed by atoms with Crippen molar-refractivity contribution in [3.05, 3.63) is 29.8 Å². The molecule has 0 aliphatic heterocycles. The summed E-state index contributed by atoms with van der Waals surface area (Å²) in [4.78, 5) is 13.6. The van der Waals surface area contributed by atoms with E-state index in [4.69, 9.17) is 0 Å². The van der Waals surface area contributed by atoms with Gasteiger partial charge in [0, 0.05) is 6.04 Å². The zero-order valence-electron chi connectivity index (χ0n) is 12.8. The van der Waals surface area contributed by atoms with E-state index in [9.17, 15) is 13.2 Å². The first-order valence-electron chi connectivity index (χ1n) is 6.62. The molecular weight excluding hydrogens is 292 g/mol. The first-order chi connectivity index (χ1) is 9.77. The van der Waals surface area contributed by atoms with E-state index in [1.54, 1.807) is 19.1 Å². The summed E-state index contributed by atoms with van der Waals surface area (Å²) < 4.78 is 32.0. The average molecular weight is 314 g/mol. The van der Waals surface area contributed by atoms with Gasteiger partial charge >= 0.3 is 5.97 Å². The number of hydrogen-bond donors (Lipinski definition) is 1. The third kappa shape index (κ3) is 5.11. The Balaban J connectivity index is 2.96. The minimum Gasteiger partial charge on any atom is -0.465 e. The normalized spacial score (nSPS) is 13.2. The molecule has 0 amide bonds. The van der Waals surface area contributed by atoms with E-state index in [1.807, 2.05) is 19.0 Å². The van der Waals surface area contributed by atoms with Crippen molar-refractivity contribution in [3.8, 4) is 0 Å². The average Bonchev–Trinajstić information content (AvgIpc) is 2.44. The molecule has 1 atom stereocenters. The van der Waals surface area contributed by atoms with Crippen molar-refractivity contribution in [2.75, 3.05) is 27.7 Å². The maximum Gasteiger partial charge on any atom is 0.339 e. The van der Waals surface area contributed by atoms with Crippen molar-refractivity contribution in [2.45, 2.75) is 24.3 Å². The summed E-state index contributed by atoms with van der Waals surface area (Å²) in [7, 11) is 1.31. The zero-order chi connectivity index (χ0) is 16.0. The molecule has 0 aliphatic rings. The fourth-order valence-corrected chi connectivity index (χ4v) is 3.29. The van der Waals surface area contributed by atoms with Gasteiger partial charge in [0.25, 0.3) is 0 Å². The lowest BCUT2D eigenvalue weighted by molar-refractivity contribution is 0.0596. The van der Waals surface area contributed by atoms with Crippen LogP contribution < -0.4 is 4.72 Å². The molecule has 1 unspecified atom stereocenters. The van der Waals surface area contributed by atoms with Crippen molar-refractivity contribution >= 4 is 16.0 Å². The van der Waals surface area contributed by atoms with E-state index in [-0.39, 0.29) is 16.5 Å². The predicted octanol–water partition coefficient (Wildman–Crippen LogP) is 1.09. The number of ether oxygens (including phenoxy) is 1. The summed E-state index contributed by atoms with van der Waals surface area (Å²) in [6, 6.07) is 5.77. The van der Waals surface area contributed by atoms with Crippen LogP contribution in [0.25, 0.3) is 0 Å². The van der Waals surface area contributed by atoms with Crippen LogP contribution in [0.15, 0.2) is 29.2 Å². The molecule has 0 radical (unpaired) electrons. The molecule has 0 saturated heterocycles. The van der Waals surface area contributed by atoms with Crippen LogP contribution in [0.5, 0.6) is 0 Å². The van der Waals surface area contributed by atoms with E-state index in [2.05, 4.69) is 9.46 Å². The van der Waals surface area contributed by atoms with Crippen molar-refractivity contribution in [2.24, 2.45) is 0 Å². The van der Waals surface area contributed by atoms with Crippen LogP contribution in [0.2, 0.25) is 0 Å². The second kappa shape index (κ2) is 7.53. The van der Waals surface area contributed by atoms with E-state index in [0.29, 0.717) is 6.42 Å². The molecule has 0 aromatic heterocycles. The lowest BCUT2D eigenvalue weighted by atomic mass is 10.2. The highest BCUT2D eigenvalue weighted by atomic mass is 32.2. The minimum atomic E-state index is -3.76. The summed E-state index contributed by atoms with van der Waals surface area (Å²) >= 11 is 0. The lowest BCUT2D eigenvalue weighted by Crippen LogP contribution is -2.35. The van der Waals surface area contributed by atoms with E-state index >= 15 is 0 Å². The minimum absolute atomic E-state index is 0.0345. The Bertz CT molecular complexity index is 584. The summed E-state index contributed by atoms with van der Waals surface area (Å²) in [6.07, 6.45) is 0.673. The van der Waals surface area contributed by atoms with Gasteiger partial charge < -0.3 is 9.64 Å². The summed E-state index contributed by atoms with van der Waals surface area (Å²) in [6.45, 7) is 2.56. The van der Waals surface area contributed by atoms with Crippen LogP contribution in [-0.4, -0.2) is 53.1 Å². The first-order valence-corrected chi connectivity index (χ1v) is 8.10. The molecule has 1 rings (SSSR count). The molecule has 21 heavy (non-hydrogen) atoms. The summed E-state index contributed by atoms with van der Waals surface area (Å²) in [5.41, 5.74) is 0.0345. The SMILES string of the molecule is COC(=O)c1ccccc1S(=O)(=O)NC(C)CCN(C)C. The van der Waals surface area contributed by atoms with Crippen LogP contribution in [0.4, 0.5) is 0 Å². The molecule has 118 valence electrons. The first kappa shape index (κ1) is 17.6. The van der Waals surface area contributed by atoms with Crippen molar-refractivity contribution < 1.29 is 17.9 Å². The monoisotopic (exact) mass is 314 g/mol. The number of benzene rings is 1. The van der Waals surface area contributed by atoms with Gasteiger partial charge in [0.15, 0.2) is 0 Å². The number of esters is 1. The largest absolute Gasteiger partial charge is 0.465 e. The van der Waals surface area contributed by atoms with Crippen LogP contribution >= 0.6 is 0 Å². The Morgan fingerprint density at radius 2 is 1.95 bits per heavy atom. The number of sulfonamides is 1. The topological polar surface area (TPSA) is 75.7 Å². The van der Waals surface area contributed by atoms with E-state index in [1.165, 1.54) is 19.2 Å². The van der Waals surface area contributed by atoms with E-state index in [0.717, 1.165) is 6.54 Å². The van der Waals surface area contributed by atoms with Crippen molar-refractivity contribution in [3.63, 3.8) is 0 Å². The number of hydrogen-bond acceptors (Lipinski definition) is 5. The predicted molar refractivity (Wildman–Crippen MR) is 80.7 cm³/mol. The lowest BCUT2D eigenvalue weighted by Gasteiger charge is -2.17. The van der Waals surface area contributed by atoms with E-state index < -0.39 is 16.0 Å². The maximum atomic E-state index is 12.4. The number of rotatable bonds is 7. The van der Waals surface area contributed by atoms with Gasteiger partial charge in [-0.15, -0.1) is 0 Å². The summed E-state index contributed by atoms with van der Waals surface area (Å²) in [5.74, 6) is -0.670. The fraction of sp³-hybridized carbons (Fsp3) is 0.500. The van der Waals surface area contributed by atoms with Crippen LogP contribution in [0.3, 0.4) is 0 Å². The Morgan fingerprint density at radius 1 is 1.33 bits per heavy atom. The quantitative estimate of drug-likeness (QED) is 0.763. The second-order valence-electron chi connectivity index (χ2n) is 5.10. The Kier molecular flexibility index (Phi) is 6.32. The Hall–Kier alpha value is -1.44. The highest BCUT2D eigenvalue weighted by molar-refractivity contribution is 7.89. The molecule has 0 aliphatic carbocycles. The molecule has 1 N–H and O–H groups in total. The van der Waals surface area contributed by atoms with Gasteiger partial charge in [-0.25, -0.2) is 17.9 Å². The van der Waals surface area contributed by atoms with Gasteiger partial charge in [0.2, 0.25) is 10.0 Å². The molecule has 0 bridgehead atoms. The third-order valence-corrected chi connectivity index (χ3v) is 4.60. The molecular formula is C14H22N2O4S. The van der Waals surface area contributed by atoms with Gasteiger partial charge in [-0.1, -0.05) is 12.1 Å². The number of nitrogens with zero attached hydrogens (tertiary/aromatic N) is 1. The van der Waals surface area contributed by atoms with Gasteiger partial charge in [0.1, 0.15) is 0 Å². The third-order valence-electron chi connectivity index (χ3n) is 2.95. The standard InChI is InChI=1S/C14H22N2O4S/c1-11(9-10-16(2)3)15-21(18,19)13-8-6-5-7-12(13)14(17)20-4/h5-8,11,15H,9-10H2,1-4H3. The Morgan fingerprint density at radius 3 is 2.52 bits per heavy atom. The van der Waals surface area contributed by atoms with Crippen molar-refractivity contribution in [1.29, 1.82) is 0 Å². The maximum absolute atomic E-state index is 12.4. The van der Waals surface area contributed by atoms with Crippen LogP contribution in [-0.2, 0) is 14.8 Å². The fourth-order valence-electron chi connectivity index (χ4n) is 1.82. The molecule has 1 aromatic rings. The molecule has 0 fully saturated rings. The van der Waals surface area contributed by atoms with Gasteiger partial charge in [-0.2, -0.15) is 0 Å². The zero-order valence-corrected chi connectivity index (χ0v) is 13.6.